The second kappa shape index (κ2) is 13.1. The summed E-state index contributed by atoms with van der Waals surface area (Å²) in [5, 5.41) is 7.51. The van der Waals surface area contributed by atoms with Gasteiger partial charge < -0.3 is 4.74 Å². The predicted molar refractivity (Wildman–Crippen MR) is 95.2 cm³/mol. The number of nitrogens with zero attached hydrogens (tertiary/aromatic N) is 1. The van der Waals surface area contributed by atoms with E-state index in [0.29, 0.717) is 0 Å². The summed E-state index contributed by atoms with van der Waals surface area (Å²) in [7, 11) is 0. The van der Waals surface area contributed by atoms with Crippen LogP contribution in [0.1, 0.15) is 38.7 Å². The first-order valence-corrected chi connectivity index (χ1v) is 7.56. The number of hydrogen-bond acceptors (Lipinski definition) is 3. The highest BCUT2D eigenvalue weighted by Crippen LogP contribution is 2.30. The largest absolute Gasteiger partial charge is 0.435 e. The van der Waals surface area contributed by atoms with Crippen LogP contribution in [0, 0.1) is 17.2 Å². The topological polar surface area (TPSA) is 50.1 Å². The van der Waals surface area contributed by atoms with Crippen molar-refractivity contribution >= 4 is 12.0 Å². The summed E-state index contributed by atoms with van der Waals surface area (Å²) in [5.74, 6) is 0.569. The number of allylic oxidation sites excluding steroid dienone is 2. The first-order valence-electron chi connectivity index (χ1n) is 7.56. The average molecular weight is 311 g/mol. The number of hydrogen-bond donors (Lipinski definition) is 0. The Morgan fingerprint density at radius 2 is 1.96 bits per heavy atom. The third-order valence-corrected chi connectivity index (χ3v) is 3.08. The molecule has 3 heteroatoms. The number of carbonyl (C=O) groups is 1. The molecule has 1 aliphatic carbocycles. The lowest BCUT2D eigenvalue weighted by molar-refractivity contribution is -0.135. The van der Waals surface area contributed by atoms with Gasteiger partial charge in [-0.15, -0.1) is 0 Å². The summed E-state index contributed by atoms with van der Waals surface area (Å²) < 4.78 is 4.17. The number of esters is 1. The van der Waals surface area contributed by atoms with E-state index in [1.807, 2.05) is 0 Å². The van der Waals surface area contributed by atoms with Crippen molar-refractivity contribution < 1.29 is 9.53 Å². The van der Waals surface area contributed by atoms with Gasteiger partial charge in [0, 0.05) is 13.0 Å². The molecule has 1 aromatic carbocycles. The van der Waals surface area contributed by atoms with Crippen LogP contribution in [0.3, 0.4) is 0 Å². The average Bonchev–Trinajstić information content (AvgIpc) is 2.94. The molecule has 0 amide bonds. The summed E-state index contributed by atoms with van der Waals surface area (Å²) in [5.41, 5.74) is 2.98. The van der Waals surface area contributed by atoms with Crippen LogP contribution in [0.2, 0.25) is 0 Å². The Kier molecular flexibility index (Phi) is 11.6. The van der Waals surface area contributed by atoms with E-state index in [9.17, 15) is 4.79 Å². The first kappa shape index (κ1) is 20.4. The molecule has 1 aliphatic rings. The van der Waals surface area contributed by atoms with E-state index in [4.69, 9.17) is 5.26 Å². The molecule has 0 aliphatic heterocycles. The standard InChI is InChI=1S/C13H16.C4H6O2.C3H3N/c1-11-7-8-13(9-11)10-12-5-3-2-4-6-12;1-3-6-4(2)5;1-2-3-4/h2-6,10-11H,7-9H2,1H3;3H,1H2,2H3;2H,1H2. The SMILES string of the molecule is C=CC#N.C=COC(C)=O.CC1CCC(=Cc2ccccc2)C1. The molecule has 0 radical (unpaired) electrons. The van der Waals surface area contributed by atoms with Crippen LogP contribution in [0.4, 0.5) is 0 Å². The van der Waals surface area contributed by atoms with Gasteiger partial charge in [-0.05, 0) is 30.7 Å². The Morgan fingerprint density at radius 3 is 2.30 bits per heavy atom. The highest BCUT2D eigenvalue weighted by molar-refractivity contribution is 5.66. The molecule has 3 nitrogen and oxygen atoms in total. The molecule has 2 rings (SSSR count). The minimum Gasteiger partial charge on any atom is -0.435 e. The fourth-order valence-corrected chi connectivity index (χ4v) is 2.12. The van der Waals surface area contributed by atoms with Crippen molar-refractivity contribution in [2.75, 3.05) is 0 Å². The third-order valence-electron chi connectivity index (χ3n) is 3.08. The summed E-state index contributed by atoms with van der Waals surface area (Å²) in [6.45, 7) is 9.94. The summed E-state index contributed by atoms with van der Waals surface area (Å²) in [6, 6.07) is 12.3. The summed E-state index contributed by atoms with van der Waals surface area (Å²) >= 11 is 0. The third kappa shape index (κ3) is 11.7. The second-order valence-corrected chi connectivity index (χ2v) is 5.17. The number of rotatable bonds is 2. The van der Waals surface area contributed by atoms with Gasteiger partial charge in [-0.2, -0.15) is 5.26 Å². The van der Waals surface area contributed by atoms with Crippen molar-refractivity contribution in [3.63, 3.8) is 0 Å². The van der Waals surface area contributed by atoms with E-state index in [-0.39, 0.29) is 5.97 Å². The monoisotopic (exact) mass is 311 g/mol. The zero-order valence-corrected chi connectivity index (χ0v) is 14.0. The molecule has 1 saturated carbocycles. The lowest BCUT2D eigenvalue weighted by atomic mass is 10.1. The Hall–Kier alpha value is -2.60. The number of ether oxygens (including phenoxy) is 1. The quantitative estimate of drug-likeness (QED) is 0.424. The molecule has 1 fully saturated rings. The van der Waals surface area contributed by atoms with Gasteiger partial charge in [0.05, 0.1) is 12.3 Å². The van der Waals surface area contributed by atoms with Crippen molar-refractivity contribution in [3.8, 4) is 6.07 Å². The molecular formula is C20H25NO2. The molecule has 122 valence electrons. The van der Waals surface area contributed by atoms with Crippen LogP contribution >= 0.6 is 0 Å². The van der Waals surface area contributed by atoms with Gasteiger partial charge in [-0.1, -0.05) is 62.1 Å². The summed E-state index contributed by atoms with van der Waals surface area (Å²) in [4.78, 5) is 9.75. The van der Waals surface area contributed by atoms with Crippen molar-refractivity contribution in [2.24, 2.45) is 5.92 Å². The van der Waals surface area contributed by atoms with E-state index >= 15 is 0 Å². The van der Waals surface area contributed by atoms with Crippen molar-refractivity contribution in [1.82, 2.24) is 0 Å². The number of nitriles is 1. The van der Waals surface area contributed by atoms with Crippen LogP contribution in [0.5, 0.6) is 0 Å². The van der Waals surface area contributed by atoms with E-state index in [0.717, 1.165) is 12.2 Å². The maximum atomic E-state index is 9.75. The maximum Gasteiger partial charge on any atom is 0.307 e. The Morgan fingerprint density at radius 1 is 1.35 bits per heavy atom. The molecule has 0 N–H and O–H groups in total. The molecular weight excluding hydrogens is 286 g/mol. The van der Waals surface area contributed by atoms with Crippen LogP contribution in [-0.4, -0.2) is 5.97 Å². The van der Waals surface area contributed by atoms with E-state index < -0.39 is 0 Å². The Labute approximate surface area is 139 Å². The van der Waals surface area contributed by atoms with Gasteiger partial charge in [-0.3, -0.25) is 4.79 Å². The van der Waals surface area contributed by atoms with E-state index in [2.05, 4.69) is 61.2 Å². The molecule has 0 heterocycles. The second-order valence-electron chi connectivity index (χ2n) is 5.17. The molecule has 0 spiro atoms. The van der Waals surface area contributed by atoms with Crippen LogP contribution < -0.4 is 0 Å². The van der Waals surface area contributed by atoms with Gasteiger partial charge in [0.25, 0.3) is 0 Å². The first-order chi connectivity index (χ1) is 11.0. The minimum atomic E-state index is -0.329. The van der Waals surface area contributed by atoms with Gasteiger partial charge in [0.1, 0.15) is 0 Å². The maximum absolute atomic E-state index is 9.75. The molecule has 0 saturated heterocycles. The predicted octanol–water partition coefficient (Wildman–Crippen LogP) is 5.28. The lowest BCUT2D eigenvalue weighted by Crippen LogP contribution is -1.87. The highest BCUT2D eigenvalue weighted by atomic mass is 16.5. The smallest absolute Gasteiger partial charge is 0.307 e. The van der Waals surface area contributed by atoms with Crippen molar-refractivity contribution in [1.29, 1.82) is 5.26 Å². The Balaban J connectivity index is 0.000000407. The van der Waals surface area contributed by atoms with E-state index in [1.54, 1.807) is 11.6 Å². The van der Waals surface area contributed by atoms with Crippen LogP contribution in [-0.2, 0) is 9.53 Å². The molecule has 0 aromatic heterocycles. The molecule has 0 bridgehead atoms. The normalized spacial score (nSPS) is 16.7. The Bertz CT molecular complexity index is 553. The minimum absolute atomic E-state index is 0.329. The number of carbonyl (C=O) groups excluding carboxylic acids is 1. The lowest BCUT2D eigenvalue weighted by Gasteiger charge is -1.97. The fourth-order valence-electron chi connectivity index (χ4n) is 2.12. The van der Waals surface area contributed by atoms with Crippen LogP contribution in [0.25, 0.3) is 6.08 Å². The molecule has 1 atom stereocenters. The van der Waals surface area contributed by atoms with Crippen molar-refractivity contribution in [3.05, 3.63) is 67.0 Å². The molecule has 1 aromatic rings. The van der Waals surface area contributed by atoms with Gasteiger partial charge >= 0.3 is 5.97 Å². The van der Waals surface area contributed by atoms with Gasteiger partial charge in [0.15, 0.2) is 0 Å². The molecule has 1 unspecified atom stereocenters. The van der Waals surface area contributed by atoms with Gasteiger partial charge in [0.2, 0.25) is 0 Å². The fraction of sp³-hybridized carbons (Fsp3) is 0.300. The summed E-state index contributed by atoms with van der Waals surface area (Å²) in [6.07, 6.45) is 8.61. The molecule has 23 heavy (non-hydrogen) atoms. The zero-order chi connectivity index (χ0) is 17.5. The van der Waals surface area contributed by atoms with Crippen LogP contribution in [0.15, 0.2) is 61.4 Å². The number of benzene rings is 1. The van der Waals surface area contributed by atoms with E-state index in [1.165, 1.54) is 37.8 Å². The van der Waals surface area contributed by atoms with Gasteiger partial charge in [-0.25, -0.2) is 0 Å². The van der Waals surface area contributed by atoms with Crippen molar-refractivity contribution in [2.45, 2.75) is 33.1 Å². The zero-order valence-electron chi connectivity index (χ0n) is 14.0. The highest BCUT2D eigenvalue weighted by Gasteiger charge is 2.13.